The minimum atomic E-state index is -3.58. The monoisotopic (exact) mass is 420 g/mol. The van der Waals surface area contributed by atoms with Gasteiger partial charge in [0.05, 0.1) is 16.6 Å². The van der Waals surface area contributed by atoms with E-state index in [-0.39, 0.29) is 29.0 Å². The number of nitrogens with one attached hydrogen (secondary N) is 1. The highest BCUT2D eigenvalue weighted by molar-refractivity contribution is 7.91. The summed E-state index contributed by atoms with van der Waals surface area (Å²) >= 11 is 0. The summed E-state index contributed by atoms with van der Waals surface area (Å²) < 4.78 is 37.6. The number of benzene rings is 1. The van der Waals surface area contributed by atoms with Gasteiger partial charge in [0.25, 0.3) is 0 Å². The predicted molar refractivity (Wildman–Crippen MR) is 108 cm³/mol. The van der Waals surface area contributed by atoms with Gasteiger partial charge in [-0.3, -0.25) is 4.79 Å². The minimum Gasteiger partial charge on any atom is -0.355 e. The van der Waals surface area contributed by atoms with Gasteiger partial charge in [-0.15, -0.1) is 0 Å². The zero-order chi connectivity index (χ0) is 21.0. The number of piperidine rings is 1. The first kappa shape index (κ1) is 21.2. The van der Waals surface area contributed by atoms with E-state index >= 15 is 0 Å². The fourth-order valence-corrected chi connectivity index (χ4v) is 4.59. The number of aryl methyl sites for hydroxylation is 2. The molecule has 1 N–H and O–H groups in total. The van der Waals surface area contributed by atoms with Gasteiger partial charge in [0, 0.05) is 31.0 Å². The summed E-state index contributed by atoms with van der Waals surface area (Å²) in [4.78, 5) is 23.5. The van der Waals surface area contributed by atoms with Crippen molar-refractivity contribution in [3.05, 3.63) is 47.5 Å². The van der Waals surface area contributed by atoms with Crippen molar-refractivity contribution in [3.8, 4) is 0 Å². The second kappa shape index (κ2) is 8.86. The number of rotatable bonds is 6. The third kappa shape index (κ3) is 5.50. The Balaban J connectivity index is 1.55. The molecule has 2 aromatic rings. The molecule has 0 aliphatic carbocycles. The van der Waals surface area contributed by atoms with Gasteiger partial charge < -0.3 is 10.2 Å². The van der Waals surface area contributed by atoms with Gasteiger partial charge in [-0.2, -0.15) is 0 Å². The molecule has 9 heteroatoms. The van der Waals surface area contributed by atoms with Crippen LogP contribution in [-0.2, 0) is 14.6 Å². The van der Waals surface area contributed by atoms with Crippen molar-refractivity contribution in [2.24, 2.45) is 5.92 Å². The van der Waals surface area contributed by atoms with Crippen molar-refractivity contribution in [3.63, 3.8) is 0 Å². The highest BCUT2D eigenvalue weighted by Crippen LogP contribution is 2.21. The summed E-state index contributed by atoms with van der Waals surface area (Å²) in [5.74, 6) is -0.526. The lowest BCUT2D eigenvalue weighted by molar-refractivity contribution is -0.125. The van der Waals surface area contributed by atoms with Crippen LogP contribution in [0.4, 0.5) is 10.3 Å². The number of nitrogens with zero attached hydrogens (tertiary/aromatic N) is 3. The number of sulfone groups is 1. The lowest BCUT2D eigenvalue weighted by atomic mass is 9.97. The summed E-state index contributed by atoms with van der Waals surface area (Å²) in [6, 6.07) is 6.58. The average Bonchev–Trinajstić information content (AvgIpc) is 2.67. The first-order chi connectivity index (χ1) is 13.7. The van der Waals surface area contributed by atoms with Crippen molar-refractivity contribution < 1.29 is 17.6 Å². The van der Waals surface area contributed by atoms with Gasteiger partial charge >= 0.3 is 0 Å². The van der Waals surface area contributed by atoms with Crippen LogP contribution >= 0.6 is 0 Å². The molecule has 1 fully saturated rings. The Bertz CT molecular complexity index is 959. The van der Waals surface area contributed by atoms with Crippen LogP contribution < -0.4 is 10.2 Å². The maximum atomic E-state index is 13.0. The Morgan fingerprint density at radius 1 is 1.21 bits per heavy atom. The number of amides is 1. The summed E-state index contributed by atoms with van der Waals surface area (Å²) in [5, 5.41) is 2.72. The number of aromatic nitrogens is 2. The van der Waals surface area contributed by atoms with Gasteiger partial charge in [0.15, 0.2) is 9.84 Å². The van der Waals surface area contributed by atoms with Crippen LogP contribution in [0.2, 0.25) is 0 Å². The molecule has 0 saturated carbocycles. The fraction of sp³-hybridized carbons (Fsp3) is 0.450. The first-order valence-corrected chi connectivity index (χ1v) is 11.2. The van der Waals surface area contributed by atoms with Crippen LogP contribution in [0.1, 0.15) is 24.2 Å². The molecular formula is C20H25FN4O3S. The fourth-order valence-electron chi connectivity index (χ4n) is 3.43. The highest BCUT2D eigenvalue weighted by atomic mass is 32.2. The van der Waals surface area contributed by atoms with E-state index in [9.17, 15) is 17.6 Å². The van der Waals surface area contributed by atoms with Crippen LogP contribution in [0.5, 0.6) is 0 Å². The third-order valence-electron chi connectivity index (χ3n) is 4.89. The van der Waals surface area contributed by atoms with Crippen LogP contribution in [0.15, 0.2) is 35.2 Å². The molecule has 29 heavy (non-hydrogen) atoms. The molecule has 1 aromatic carbocycles. The number of anilines is 1. The van der Waals surface area contributed by atoms with E-state index in [4.69, 9.17) is 0 Å². The van der Waals surface area contributed by atoms with E-state index in [1.807, 2.05) is 24.8 Å². The van der Waals surface area contributed by atoms with Crippen LogP contribution in [0, 0.1) is 25.6 Å². The number of halogens is 1. The molecule has 0 bridgehead atoms. The lowest BCUT2D eigenvalue weighted by Crippen LogP contribution is -2.44. The molecule has 1 aromatic heterocycles. The van der Waals surface area contributed by atoms with Crippen LogP contribution in [0.3, 0.4) is 0 Å². The Morgan fingerprint density at radius 3 is 2.52 bits per heavy atom. The van der Waals surface area contributed by atoms with E-state index in [1.54, 1.807) is 0 Å². The number of carbonyl (C=O) groups is 1. The quantitative estimate of drug-likeness (QED) is 0.719. The van der Waals surface area contributed by atoms with Crippen molar-refractivity contribution in [2.45, 2.75) is 31.6 Å². The van der Waals surface area contributed by atoms with Crippen molar-refractivity contribution in [1.29, 1.82) is 0 Å². The van der Waals surface area contributed by atoms with Gasteiger partial charge in [0.2, 0.25) is 11.9 Å². The van der Waals surface area contributed by atoms with Gasteiger partial charge in [0.1, 0.15) is 5.82 Å². The molecule has 0 unspecified atom stereocenters. The maximum Gasteiger partial charge on any atom is 0.225 e. The largest absolute Gasteiger partial charge is 0.355 e. The van der Waals surface area contributed by atoms with Crippen molar-refractivity contribution in [2.75, 3.05) is 30.3 Å². The molecular weight excluding hydrogens is 395 g/mol. The molecule has 156 valence electrons. The Hall–Kier alpha value is -2.55. The zero-order valence-corrected chi connectivity index (χ0v) is 17.4. The Kier molecular flexibility index (Phi) is 6.46. The minimum absolute atomic E-state index is 0.00902. The van der Waals surface area contributed by atoms with E-state index in [2.05, 4.69) is 15.3 Å². The van der Waals surface area contributed by atoms with Crippen molar-refractivity contribution >= 4 is 21.7 Å². The predicted octanol–water partition coefficient (Wildman–Crippen LogP) is 2.04. The topological polar surface area (TPSA) is 92.3 Å². The molecule has 3 rings (SSSR count). The van der Waals surface area contributed by atoms with Crippen molar-refractivity contribution in [1.82, 2.24) is 15.3 Å². The molecule has 0 spiro atoms. The molecule has 1 amide bonds. The summed E-state index contributed by atoms with van der Waals surface area (Å²) in [5.41, 5.74) is 1.76. The SMILES string of the molecule is Cc1cc(C)nc(N2CCC[C@H](C(=O)NCCS(=O)(=O)c3ccc(F)cc3)C2)n1. The first-order valence-electron chi connectivity index (χ1n) is 9.58. The molecule has 1 saturated heterocycles. The zero-order valence-electron chi connectivity index (χ0n) is 16.6. The smallest absolute Gasteiger partial charge is 0.225 e. The lowest BCUT2D eigenvalue weighted by Gasteiger charge is -2.32. The number of hydrogen-bond donors (Lipinski definition) is 1. The third-order valence-corrected chi connectivity index (χ3v) is 6.62. The normalized spacial score (nSPS) is 17.2. The second-order valence-electron chi connectivity index (χ2n) is 7.30. The maximum absolute atomic E-state index is 13.0. The van der Waals surface area contributed by atoms with E-state index < -0.39 is 15.7 Å². The number of carbonyl (C=O) groups excluding carboxylic acids is 1. The molecule has 1 atom stereocenters. The highest BCUT2D eigenvalue weighted by Gasteiger charge is 2.27. The number of hydrogen-bond acceptors (Lipinski definition) is 6. The van der Waals surface area contributed by atoms with E-state index in [0.29, 0.717) is 12.5 Å². The standard InChI is InChI=1S/C20H25FN4O3S/c1-14-12-15(2)24-20(23-14)25-10-3-4-16(13-25)19(26)22-9-11-29(27,28)18-7-5-17(21)6-8-18/h5-8,12,16H,3-4,9-11,13H2,1-2H3,(H,22,26)/t16-/m0/s1. The average molecular weight is 421 g/mol. The van der Waals surface area contributed by atoms with Gasteiger partial charge in [-0.1, -0.05) is 0 Å². The van der Waals surface area contributed by atoms with E-state index in [0.717, 1.165) is 42.9 Å². The molecule has 1 aliphatic rings. The van der Waals surface area contributed by atoms with Gasteiger partial charge in [-0.05, 0) is 57.0 Å². The molecule has 2 heterocycles. The second-order valence-corrected chi connectivity index (χ2v) is 9.41. The Labute approximate surface area is 170 Å². The summed E-state index contributed by atoms with van der Waals surface area (Å²) in [6.45, 7) is 5.11. The summed E-state index contributed by atoms with van der Waals surface area (Å²) in [7, 11) is -3.58. The molecule has 1 aliphatic heterocycles. The molecule has 0 radical (unpaired) electrons. The molecule has 7 nitrogen and oxygen atoms in total. The van der Waals surface area contributed by atoms with Crippen LogP contribution in [-0.4, -0.2) is 49.7 Å². The Morgan fingerprint density at radius 2 is 1.86 bits per heavy atom. The van der Waals surface area contributed by atoms with E-state index in [1.165, 1.54) is 12.1 Å². The summed E-state index contributed by atoms with van der Waals surface area (Å²) in [6.07, 6.45) is 1.57. The van der Waals surface area contributed by atoms with Crippen LogP contribution in [0.25, 0.3) is 0 Å². The van der Waals surface area contributed by atoms with Gasteiger partial charge in [-0.25, -0.2) is 22.8 Å².